The Morgan fingerprint density at radius 3 is 2.67 bits per heavy atom. The Labute approximate surface area is 110 Å². The highest BCUT2D eigenvalue weighted by atomic mass is 16.5. The van der Waals surface area contributed by atoms with E-state index in [1.165, 1.54) is 0 Å². The van der Waals surface area contributed by atoms with Crippen LogP contribution in [0.5, 0.6) is 5.75 Å². The standard InChI is InChI=1S/C13H17NO2.C2H6/c1-9(2)14-13(15)11-7-8-16-12-6-4-3-5-10(11)12;1-2/h3-6,9,11H,7-8H2,1-2H3,(H,14,15);1-2H3. The molecule has 1 unspecified atom stereocenters. The molecular weight excluding hydrogens is 226 g/mol. The molecule has 1 aliphatic heterocycles. The zero-order chi connectivity index (χ0) is 13.5. The summed E-state index contributed by atoms with van der Waals surface area (Å²) in [4.78, 5) is 12.0. The van der Waals surface area contributed by atoms with E-state index < -0.39 is 0 Å². The summed E-state index contributed by atoms with van der Waals surface area (Å²) in [7, 11) is 0. The molecule has 1 heterocycles. The third kappa shape index (κ3) is 3.49. The fourth-order valence-corrected chi connectivity index (χ4v) is 2.00. The van der Waals surface area contributed by atoms with Gasteiger partial charge >= 0.3 is 0 Å². The second kappa shape index (κ2) is 7.04. The third-order valence-corrected chi connectivity index (χ3v) is 2.71. The van der Waals surface area contributed by atoms with E-state index in [1.54, 1.807) is 0 Å². The number of fused-ring (bicyclic) bond motifs is 1. The number of hydrogen-bond donors (Lipinski definition) is 1. The molecule has 2 rings (SSSR count). The van der Waals surface area contributed by atoms with Gasteiger partial charge in [0.2, 0.25) is 5.91 Å². The number of hydrogen-bond acceptors (Lipinski definition) is 2. The molecule has 1 aromatic rings. The number of amides is 1. The van der Waals surface area contributed by atoms with Gasteiger partial charge in [-0.1, -0.05) is 32.0 Å². The summed E-state index contributed by atoms with van der Waals surface area (Å²) in [6.07, 6.45) is 0.759. The van der Waals surface area contributed by atoms with Crippen molar-refractivity contribution < 1.29 is 9.53 Å². The summed E-state index contributed by atoms with van der Waals surface area (Å²) in [5, 5.41) is 2.96. The van der Waals surface area contributed by atoms with Gasteiger partial charge in [0.25, 0.3) is 0 Å². The lowest BCUT2D eigenvalue weighted by atomic mass is 9.92. The summed E-state index contributed by atoms with van der Waals surface area (Å²) in [6, 6.07) is 7.95. The number of benzene rings is 1. The topological polar surface area (TPSA) is 38.3 Å². The van der Waals surface area contributed by atoms with Crippen molar-refractivity contribution in [1.29, 1.82) is 0 Å². The first-order chi connectivity index (χ1) is 8.68. The lowest BCUT2D eigenvalue weighted by molar-refractivity contribution is -0.123. The van der Waals surface area contributed by atoms with Gasteiger partial charge in [0.05, 0.1) is 12.5 Å². The van der Waals surface area contributed by atoms with Crippen molar-refractivity contribution in [2.45, 2.75) is 46.1 Å². The average molecular weight is 249 g/mol. The van der Waals surface area contributed by atoms with Crippen molar-refractivity contribution in [3.05, 3.63) is 29.8 Å². The average Bonchev–Trinajstić information content (AvgIpc) is 2.39. The number of ether oxygens (including phenoxy) is 1. The molecule has 1 amide bonds. The number of carbonyl (C=O) groups is 1. The van der Waals surface area contributed by atoms with E-state index >= 15 is 0 Å². The Bertz CT molecular complexity index is 388. The Morgan fingerprint density at radius 1 is 1.33 bits per heavy atom. The molecule has 0 radical (unpaired) electrons. The molecule has 0 fully saturated rings. The number of carbonyl (C=O) groups excluding carboxylic acids is 1. The van der Waals surface area contributed by atoms with E-state index in [2.05, 4.69) is 5.32 Å². The summed E-state index contributed by atoms with van der Waals surface area (Å²) >= 11 is 0. The molecule has 0 aliphatic carbocycles. The molecule has 1 N–H and O–H groups in total. The second-order valence-corrected chi connectivity index (χ2v) is 4.39. The van der Waals surface area contributed by atoms with Crippen molar-refractivity contribution in [1.82, 2.24) is 5.32 Å². The summed E-state index contributed by atoms with van der Waals surface area (Å²) < 4.78 is 5.53. The van der Waals surface area contributed by atoms with Crippen molar-refractivity contribution in [2.75, 3.05) is 6.61 Å². The van der Waals surface area contributed by atoms with Crippen molar-refractivity contribution in [3.63, 3.8) is 0 Å². The van der Waals surface area contributed by atoms with Crippen LogP contribution in [0.2, 0.25) is 0 Å². The van der Waals surface area contributed by atoms with E-state index in [4.69, 9.17) is 4.74 Å². The minimum atomic E-state index is -0.0626. The van der Waals surface area contributed by atoms with Crippen LogP contribution in [0, 0.1) is 0 Å². The minimum Gasteiger partial charge on any atom is -0.493 e. The van der Waals surface area contributed by atoms with Gasteiger partial charge in [-0.15, -0.1) is 0 Å². The SMILES string of the molecule is CC.CC(C)NC(=O)C1CCOc2ccccc21. The molecule has 0 aromatic heterocycles. The van der Waals surface area contributed by atoms with Gasteiger partial charge in [-0.25, -0.2) is 0 Å². The molecule has 0 bridgehead atoms. The molecule has 0 saturated heterocycles. The normalized spacial score (nSPS) is 17.1. The highest BCUT2D eigenvalue weighted by Crippen LogP contribution is 2.33. The molecule has 0 spiro atoms. The van der Waals surface area contributed by atoms with Gasteiger partial charge in [-0.3, -0.25) is 4.79 Å². The fourth-order valence-electron chi connectivity index (χ4n) is 2.00. The molecule has 1 aliphatic rings. The van der Waals surface area contributed by atoms with Crippen LogP contribution in [-0.2, 0) is 4.79 Å². The monoisotopic (exact) mass is 249 g/mol. The maximum absolute atomic E-state index is 12.0. The highest BCUT2D eigenvalue weighted by molar-refractivity contribution is 5.84. The predicted molar refractivity (Wildman–Crippen MR) is 73.9 cm³/mol. The molecule has 3 heteroatoms. The van der Waals surface area contributed by atoms with Gasteiger partial charge in [-0.05, 0) is 26.3 Å². The van der Waals surface area contributed by atoms with E-state index in [0.29, 0.717) is 6.61 Å². The van der Waals surface area contributed by atoms with Crippen LogP contribution in [-0.4, -0.2) is 18.6 Å². The molecular formula is C15H23NO2. The zero-order valence-corrected chi connectivity index (χ0v) is 11.7. The fraction of sp³-hybridized carbons (Fsp3) is 0.533. The number of para-hydroxylation sites is 1. The Morgan fingerprint density at radius 2 is 2.00 bits per heavy atom. The van der Waals surface area contributed by atoms with Crippen LogP contribution in [0.1, 0.15) is 45.6 Å². The summed E-state index contributed by atoms with van der Waals surface area (Å²) in [5.74, 6) is 0.885. The molecule has 1 atom stereocenters. The van der Waals surface area contributed by atoms with Gasteiger partial charge < -0.3 is 10.1 Å². The van der Waals surface area contributed by atoms with Gasteiger partial charge in [0, 0.05) is 11.6 Å². The Balaban J connectivity index is 0.000000771. The van der Waals surface area contributed by atoms with Crippen molar-refractivity contribution >= 4 is 5.91 Å². The van der Waals surface area contributed by atoms with E-state index in [9.17, 15) is 4.79 Å². The first-order valence-electron chi connectivity index (χ1n) is 6.70. The van der Waals surface area contributed by atoms with E-state index in [-0.39, 0.29) is 17.9 Å². The summed E-state index contributed by atoms with van der Waals surface area (Å²) in [5.41, 5.74) is 1.01. The maximum atomic E-state index is 12.0. The zero-order valence-electron chi connectivity index (χ0n) is 11.7. The van der Waals surface area contributed by atoms with Gasteiger partial charge in [-0.2, -0.15) is 0 Å². The highest BCUT2D eigenvalue weighted by Gasteiger charge is 2.27. The van der Waals surface area contributed by atoms with Crippen LogP contribution >= 0.6 is 0 Å². The van der Waals surface area contributed by atoms with Crippen LogP contribution in [0.25, 0.3) is 0 Å². The van der Waals surface area contributed by atoms with Gasteiger partial charge in [0.1, 0.15) is 5.75 Å². The smallest absolute Gasteiger partial charge is 0.228 e. The van der Waals surface area contributed by atoms with Crippen molar-refractivity contribution in [3.8, 4) is 5.75 Å². The quantitative estimate of drug-likeness (QED) is 0.874. The van der Waals surface area contributed by atoms with Crippen molar-refractivity contribution in [2.24, 2.45) is 0 Å². The van der Waals surface area contributed by atoms with E-state index in [0.717, 1.165) is 17.7 Å². The van der Waals surface area contributed by atoms with Crippen LogP contribution < -0.4 is 10.1 Å². The Hall–Kier alpha value is -1.51. The van der Waals surface area contributed by atoms with Crippen LogP contribution in [0.3, 0.4) is 0 Å². The molecule has 1 aromatic carbocycles. The maximum Gasteiger partial charge on any atom is 0.228 e. The molecule has 18 heavy (non-hydrogen) atoms. The number of rotatable bonds is 2. The molecule has 0 saturated carbocycles. The lowest BCUT2D eigenvalue weighted by Crippen LogP contribution is -2.36. The van der Waals surface area contributed by atoms with Gasteiger partial charge in [0.15, 0.2) is 0 Å². The largest absolute Gasteiger partial charge is 0.493 e. The lowest BCUT2D eigenvalue weighted by Gasteiger charge is -2.25. The second-order valence-electron chi connectivity index (χ2n) is 4.39. The predicted octanol–water partition coefficient (Wildman–Crippen LogP) is 3.10. The first-order valence-corrected chi connectivity index (χ1v) is 6.70. The summed E-state index contributed by atoms with van der Waals surface area (Å²) in [6.45, 7) is 8.57. The van der Waals surface area contributed by atoms with Crippen LogP contribution in [0.4, 0.5) is 0 Å². The van der Waals surface area contributed by atoms with E-state index in [1.807, 2.05) is 52.0 Å². The minimum absolute atomic E-state index is 0.0626. The number of nitrogens with one attached hydrogen (secondary N) is 1. The Kier molecular flexibility index (Phi) is 5.69. The first kappa shape index (κ1) is 14.6. The molecule has 3 nitrogen and oxygen atoms in total. The molecule has 100 valence electrons. The van der Waals surface area contributed by atoms with Crippen LogP contribution in [0.15, 0.2) is 24.3 Å². The third-order valence-electron chi connectivity index (χ3n) is 2.71.